The molecule has 1 aliphatic carbocycles. The number of amides is 1. The third-order valence-electron chi connectivity index (χ3n) is 5.51. The van der Waals surface area contributed by atoms with Crippen LogP contribution >= 0.6 is 0 Å². The van der Waals surface area contributed by atoms with Crippen LogP contribution in [-0.4, -0.2) is 30.3 Å². The molecule has 1 amide bonds. The Kier molecular flexibility index (Phi) is 5.85. The number of carboxylic acids is 1. The standard InChI is InChI=1S/C26H23NO4/c1-17-12-13-18(15-23(17)25(28)29)7-6-14-27-26(30)31-16-24-21-10-4-2-8-19(21)20-9-3-5-11-22(20)24/h2-13,15,24H,14,16H2,1H3,(H,27,30)(H,28,29). The predicted octanol–water partition coefficient (Wildman–Crippen LogP) is 5.25. The van der Waals surface area contributed by atoms with E-state index in [-0.39, 0.29) is 24.6 Å². The number of aromatic carboxylic acids is 1. The number of benzene rings is 3. The Balaban J connectivity index is 1.33. The zero-order valence-electron chi connectivity index (χ0n) is 17.2. The Bertz CT molecular complexity index is 1120. The van der Waals surface area contributed by atoms with Gasteiger partial charge >= 0.3 is 12.1 Å². The second kappa shape index (κ2) is 8.88. The van der Waals surface area contributed by atoms with Gasteiger partial charge in [0.15, 0.2) is 0 Å². The van der Waals surface area contributed by atoms with Crippen LogP contribution in [0.2, 0.25) is 0 Å². The Morgan fingerprint density at radius 3 is 2.29 bits per heavy atom. The zero-order chi connectivity index (χ0) is 21.8. The number of rotatable bonds is 6. The largest absolute Gasteiger partial charge is 0.478 e. The van der Waals surface area contributed by atoms with E-state index in [1.807, 2.05) is 30.3 Å². The average molecular weight is 413 g/mol. The summed E-state index contributed by atoms with van der Waals surface area (Å²) in [6.07, 6.45) is 3.05. The number of nitrogens with one attached hydrogen (secondary N) is 1. The summed E-state index contributed by atoms with van der Waals surface area (Å²) in [6.45, 7) is 2.31. The number of ether oxygens (including phenoxy) is 1. The molecular formula is C26H23NO4. The van der Waals surface area contributed by atoms with Crippen molar-refractivity contribution in [2.45, 2.75) is 12.8 Å². The summed E-state index contributed by atoms with van der Waals surface area (Å²) in [4.78, 5) is 23.4. The highest BCUT2D eigenvalue weighted by Crippen LogP contribution is 2.44. The monoisotopic (exact) mass is 413 g/mol. The number of fused-ring (bicyclic) bond motifs is 3. The fraction of sp³-hybridized carbons (Fsp3) is 0.154. The van der Waals surface area contributed by atoms with E-state index in [0.717, 1.165) is 5.56 Å². The molecule has 1 aliphatic rings. The lowest BCUT2D eigenvalue weighted by molar-refractivity contribution is 0.0696. The van der Waals surface area contributed by atoms with E-state index < -0.39 is 12.1 Å². The summed E-state index contributed by atoms with van der Waals surface area (Å²) in [5, 5.41) is 11.9. The molecule has 0 saturated heterocycles. The van der Waals surface area contributed by atoms with Crippen molar-refractivity contribution in [1.82, 2.24) is 5.32 Å². The van der Waals surface area contributed by atoms with Crippen molar-refractivity contribution < 1.29 is 19.4 Å². The van der Waals surface area contributed by atoms with Crippen molar-refractivity contribution in [2.24, 2.45) is 0 Å². The molecule has 156 valence electrons. The first-order valence-electron chi connectivity index (χ1n) is 10.1. The second-order valence-corrected chi connectivity index (χ2v) is 7.49. The first-order chi connectivity index (χ1) is 15.0. The number of hydrogen-bond donors (Lipinski definition) is 2. The van der Waals surface area contributed by atoms with Gasteiger partial charge in [-0.05, 0) is 46.4 Å². The molecule has 31 heavy (non-hydrogen) atoms. The summed E-state index contributed by atoms with van der Waals surface area (Å²) in [5.41, 5.74) is 6.46. The Labute approximate surface area is 181 Å². The molecule has 0 spiro atoms. The van der Waals surface area contributed by atoms with Crippen molar-refractivity contribution in [3.8, 4) is 11.1 Å². The summed E-state index contributed by atoms with van der Waals surface area (Å²) in [5.74, 6) is -0.930. The van der Waals surface area contributed by atoms with Gasteiger partial charge in [-0.15, -0.1) is 0 Å². The van der Waals surface area contributed by atoms with Gasteiger partial charge in [-0.25, -0.2) is 9.59 Å². The number of aryl methyl sites for hydroxylation is 1. The lowest BCUT2D eigenvalue weighted by Gasteiger charge is -2.14. The minimum atomic E-state index is -0.954. The van der Waals surface area contributed by atoms with Crippen LogP contribution < -0.4 is 5.32 Å². The minimum absolute atomic E-state index is 0.0238. The average Bonchev–Trinajstić information content (AvgIpc) is 3.10. The number of carboxylic acid groups (broad SMARTS) is 1. The van der Waals surface area contributed by atoms with Crippen LogP contribution in [-0.2, 0) is 4.74 Å². The SMILES string of the molecule is Cc1ccc(C=CCNC(=O)OCC2c3ccccc3-c3ccccc32)cc1C(=O)O. The maximum Gasteiger partial charge on any atom is 0.407 e. The molecule has 3 aromatic carbocycles. The van der Waals surface area contributed by atoms with E-state index >= 15 is 0 Å². The van der Waals surface area contributed by atoms with Crippen LogP contribution in [0.15, 0.2) is 72.8 Å². The summed E-state index contributed by atoms with van der Waals surface area (Å²) in [7, 11) is 0. The first-order valence-corrected chi connectivity index (χ1v) is 10.1. The molecule has 0 radical (unpaired) electrons. The van der Waals surface area contributed by atoms with Crippen LogP contribution in [0.4, 0.5) is 4.79 Å². The highest BCUT2D eigenvalue weighted by molar-refractivity contribution is 5.90. The summed E-state index contributed by atoms with van der Waals surface area (Å²) in [6, 6.07) is 21.6. The second-order valence-electron chi connectivity index (χ2n) is 7.49. The van der Waals surface area contributed by atoms with Crippen molar-refractivity contribution in [2.75, 3.05) is 13.2 Å². The third-order valence-corrected chi connectivity index (χ3v) is 5.51. The van der Waals surface area contributed by atoms with Gasteiger partial charge in [-0.3, -0.25) is 0 Å². The molecule has 0 aromatic heterocycles. The molecule has 4 rings (SSSR count). The number of alkyl carbamates (subject to hydrolysis) is 1. The van der Waals surface area contributed by atoms with Gasteiger partial charge in [0.05, 0.1) is 5.56 Å². The normalized spacial score (nSPS) is 12.4. The predicted molar refractivity (Wildman–Crippen MR) is 120 cm³/mol. The fourth-order valence-electron chi connectivity index (χ4n) is 3.96. The van der Waals surface area contributed by atoms with Crippen molar-refractivity contribution in [1.29, 1.82) is 0 Å². The van der Waals surface area contributed by atoms with Gasteiger partial charge in [0.1, 0.15) is 6.61 Å². The van der Waals surface area contributed by atoms with Crippen LogP contribution in [0.25, 0.3) is 17.2 Å². The van der Waals surface area contributed by atoms with Gasteiger partial charge in [-0.1, -0.05) is 72.8 Å². The highest BCUT2D eigenvalue weighted by atomic mass is 16.5. The molecule has 0 heterocycles. The van der Waals surface area contributed by atoms with Crippen LogP contribution in [0, 0.1) is 6.92 Å². The maximum atomic E-state index is 12.2. The summed E-state index contributed by atoms with van der Waals surface area (Å²) < 4.78 is 5.50. The molecule has 0 fully saturated rings. The van der Waals surface area contributed by atoms with E-state index in [0.29, 0.717) is 5.56 Å². The van der Waals surface area contributed by atoms with Crippen LogP contribution in [0.1, 0.15) is 38.5 Å². The Hall–Kier alpha value is -3.86. The van der Waals surface area contributed by atoms with E-state index in [1.54, 1.807) is 31.2 Å². The van der Waals surface area contributed by atoms with Crippen molar-refractivity contribution in [3.63, 3.8) is 0 Å². The van der Waals surface area contributed by atoms with Crippen LogP contribution in [0.5, 0.6) is 0 Å². The Morgan fingerprint density at radius 2 is 1.65 bits per heavy atom. The topological polar surface area (TPSA) is 75.6 Å². The number of hydrogen-bond acceptors (Lipinski definition) is 3. The molecular weight excluding hydrogens is 390 g/mol. The quantitative estimate of drug-likeness (QED) is 0.579. The molecule has 0 unspecified atom stereocenters. The van der Waals surface area contributed by atoms with Gasteiger partial charge in [0.25, 0.3) is 0 Å². The molecule has 0 bridgehead atoms. The van der Waals surface area contributed by atoms with Crippen molar-refractivity contribution in [3.05, 3.63) is 101 Å². The molecule has 0 saturated carbocycles. The lowest BCUT2D eigenvalue weighted by Crippen LogP contribution is -2.26. The van der Waals surface area contributed by atoms with E-state index in [4.69, 9.17) is 4.74 Å². The first kappa shape index (κ1) is 20.4. The molecule has 2 N–H and O–H groups in total. The zero-order valence-corrected chi connectivity index (χ0v) is 17.2. The third kappa shape index (κ3) is 4.36. The van der Waals surface area contributed by atoms with Gasteiger partial charge in [0, 0.05) is 12.5 Å². The van der Waals surface area contributed by atoms with E-state index in [1.165, 1.54) is 22.3 Å². The number of carbonyl (C=O) groups excluding carboxylic acids is 1. The molecule has 5 heteroatoms. The smallest absolute Gasteiger partial charge is 0.407 e. The van der Waals surface area contributed by atoms with Gasteiger partial charge in [-0.2, -0.15) is 0 Å². The van der Waals surface area contributed by atoms with Gasteiger partial charge in [0.2, 0.25) is 0 Å². The highest BCUT2D eigenvalue weighted by Gasteiger charge is 2.28. The molecule has 0 aliphatic heterocycles. The minimum Gasteiger partial charge on any atom is -0.478 e. The Morgan fingerprint density at radius 1 is 1.00 bits per heavy atom. The van der Waals surface area contributed by atoms with Crippen molar-refractivity contribution >= 4 is 18.1 Å². The fourth-order valence-corrected chi connectivity index (χ4v) is 3.96. The molecule has 3 aromatic rings. The molecule has 0 atom stereocenters. The molecule has 5 nitrogen and oxygen atoms in total. The van der Waals surface area contributed by atoms with Gasteiger partial charge < -0.3 is 15.2 Å². The van der Waals surface area contributed by atoms with Crippen LogP contribution in [0.3, 0.4) is 0 Å². The lowest BCUT2D eigenvalue weighted by atomic mass is 9.98. The number of carbonyl (C=O) groups is 2. The van der Waals surface area contributed by atoms with E-state index in [2.05, 4.69) is 29.6 Å². The maximum absolute atomic E-state index is 12.2. The summed E-state index contributed by atoms with van der Waals surface area (Å²) >= 11 is 0. The van der Waals surface area contributed by atoms with E-state index in [9.17, 15) is 14.7 Å².